The number of benzene rings is 7. The van der Waals surface area contributed by atoms with E-state index in [0.29, 0.717) is 5.56 Å². The lowest BCUT2D eigenvalue weighted by atomic mass is 10.0. The number of rotatable bonds is 3. The maximum atomic E-state index is 9.46. The van der Waals surface area contributed by atoms with Crippen molar-refractivity contribution in [3.63, 3.8) is 0 Å². The van der Waals surface area contributed by atoms with Crippen LogP contribution in [0.2, 0.25) is 0 Å². The van der Waals surface area contributed by atoms with Gasteiger partial charge in [-0.15, -0.1) is 11.3 Å². The van der Waals surface area contributed by atoms with Crippen LogP contribution in [0.5, 0.6) is 0 Å². The van der Waals surface area contributed by atoms with Crippen molar-refractivity contribution in [3.05, 3.63) is 157 Å². The number of thiophene rings is 1. The molecule has 0 saturated carbocycles. The van der Waals surface area contributed by atoms with Gasteiger partial charge in [0.25, 0.3) is 0 Å². The highest BCUT2D eigenvalue weighted by Gasteiger charge is 2.17. The van der Waals surface area contributed by atoms with Gasteiger partial charge in [0.05, 0.1) is 33.7 Å². The number of nitrogens with zero attached hydrogens (tertiary/aromatic N) is 3. The van der Waals surface area contributed by atoms with Gasteiger partial charge in [0.2, 0.25) is 0 Å². The highest BCUT2D eigenvalue weighted by atomic mass is 32.1. The second-order valence-electron chi connectivity index (χ2n) is 12.1. The third-order valence-corrected chi connectivity index (χ3v) is 10.7. The third-order valence-electron chi connectivity index (χ3n) is 9.53. The van der Waals surface area contributed by atoms with Gasteiger partial charge < -0.3 is 9.13 Å². The Hall–Kier alpha value is -6.15. The molecule has 0 atom stereocenters. The van der Waals surface area contributed by atoms with Crippen LogP contribution >= 0.6 is 11.3 Å². The molecule has 7 aromatic carbocycles. The van der Waals surface area contributed by atoms with Crippen molar-refractivity contribution in [1.82, 2.24) is 9.13 Å². The summed E-state index contributed by atoms with van der Waals surface area (Å²) in [5, 5.41) is 16.9. The summed E-state index contributed by atoms with van der Waals surface area (Å²) in [5.41, 5.74) is 9.95. The second kappa shape index (κ2) is 9.92. The maximum absolute atomic E-state index is 9.46. The zero-order valence-electron chi connectivity index (χ0n) is 25.2. The molecule has 0 spiro atoms. The van der Waals surface area contributed by atoms with E-state index in [4.69, 9.17) is 0 Å². The van der Waals surface area contributed by atoms with Crippen LogP contribution < -0.4 is 0 Å². The fraction of sp³-hybridized carbons (Fsp3) is 0. The predicted octanol–water partition coefficient (Wildman–Crippen LogP) is 11.8. The Bertz CT molecular complexity index is 2880. The average Bonchev–Trinajstić information content (AvgIpc) is 3.78. The van der Waals surface area contributed by atoms with Crippen LogP contribution in [0.15, 0.2) is 152 Å². The highest BCUT2D eigenvalue weighted by molar-refractivity contribution is 7.25. The SMILES string of the molecule is N#Cc1cccc(-c2ccc3sc4ccc(-n5c6ccccc6c6cc(-n7c8ccccc8c8ccccc87)ccc65)cc4c3c2)c1. The van der Waals surface area contributed by atoms with Crippen molar-refractivity contribution in [2.24, 2.45) is 0 Å². The zero-order chi connectivity index (χ0) is 31.1. The molecule has 0 aliphatic heterocycles. The van der Waals surface area contributed by atoms with Gasteiger partial charge in [-0.05, 0) is 90.0 Å². The topological polar surface area (TPSA) is 33.6 Å². The van der Waals surface area contributed by atoms with Crippen molar-refractivity contribution in [2.45, 2.75) is 0 Å². The Labute approximate surface area is 274 Å². The number of nitriles is 1. The van der Waals surface area contributed by atoms with Gasteiger partial charge in [-0.2, -0.15) is 5.26 Å². The standard InChI is InChI=1S/C43H25N3S/c44-26-27-8-7-9-28(22-27)29-16-20-42-36(23-29)37-25-31(18-21-43(37)47-42)46-40-15-6-3-12-34(40)35-24-30(17-19-41(35)46)45-38-13-4-1-10-32(38)33-11-2-5-14-39(33)45/h1-25H. The quantitative estimate of drug-likeness (QED) is 0.195. The first-order chi connectivity index (χ1) is 23.2. The molecule has 0 amide bonds. The maximum Gasteiger partial charge on any atom is 0.0991 e. The molecule has 0 radical (unpaired) electrons. The fourth-order valence-corrected chi connectivity index (χ4v) is 8.50. The lowest BCUT2D eigenvalue weighted by Gasteiger charge is -2.11. The Balaban J connectivity index is 1.19. The summed E-state index contributed by atoms with van der Waals surface area (Å²) in [6.45, 7) is 0. The van der Waals surface area contributed by atoms with Crippen LogP contribution in [-0.4, -0.2) is 9.13 Å². The van der Waals surface area contributed by atoms with Crippen LogP contribution in [0, 0.1) is 11.3 Å². The third kappa shape index (κ3) is 3.85. The van der Waals surface area contributed by atoms with E-state index in [2.05, 4.69) is 149 Å². The van der Waals surface area contributed by atoms with Crippen LogP contribution in [0.3, 0.4) is 0 Å². The number of fused-ring (bicyclic) bond motifs is 9. The minimum atomic E-state index is 0.674. The van der Waals surface area contributed by atoms with Gasteiger partial charge in [0.15, 0.2) is 0 Å². The van der Waals surface area contributed by atoms with Gasteiger partial charge in [0.1, 0.15) is 0 Å². The molecular weight excluding hydrogens is 591 g/mol. The van der Waals surface area contributed by atoms with Gasteiger partial charge in [-0.1, -0.05) is 72.8 Å². The first kappa shape index (κ1) is 26.1. The number of hydrogen-bond donors (Lipinski definition) is 0. The van der Waals surface area contributed by atoms with E-state index < -0.39 is 0 Å². The summed E-state index contributed by atoms with van der Waals surface area (Å²) in [4.78, 5) is 0. The van der Waals surface area contributed by atoms with E-state index in [1.165, 1.54) is 63.8 Å². The molecule has 4 heteroatoms. The smallest absolute Gasteiger partial charge is 0.0991 e. The molecule has 3 nitrogen and oxygen atoms in total. The molecule has 0 aliphatic rings. The zero-order valence-corrected chi connectivity index (χ0v) is 26.0. The highest BCUT2D eigenvalue weighted by Crippen LogP contribution is 2.40. The summed E-state index contributed by atoms with van der Waals surface area (Å²) < 4.78 is 7.32. The Kier molecular flexibility index (Phi) is 5.51. The van der Waals surface area contributed by atoms with E-state index in [1.807, 2.05) is 29.5 Å². The molecule has 0 saturated heterocycles. The Morgan fingerprint density at radius 1 is 0.404 bits per heavy atom. The van der Waals surface area contributed by atoms with Crippen LogP contribution in [-0.2, 0) is 0 Å². The van der Waals surface area contributed by atoms with E-state index in [-0.39, 0.29) is 0 Å². The minimum Gasteiger partial charge on any atom is -0.309 e. The van der Waals surface area contributed by atoms with Crippen molar-refractivity contribution < 1.29 is 0 Å². The van der Waals surface area contributed by atoms with Crippen molar-refractivity contribution in [3.8, 4) is 28.6 Å². The molecule has 47 heavy (non-hydrogen) atoms. The molecule has 0 fully saturated rings. The monoisotopic (exact) mass is 615 g/mol. The van der Waals surface area contributed by atoms with E-state index in [1.54, 1.807) is 0 Å². The molecule has 0 unspecified atom stereocenters. The molecule has 218 valence electrons. The van der Waals surface area contributed by atoms with Gasteiger partial charge >= 0.3 is 0 Å². The summed E-state index contributed by atoms with van der Waals surface area (Å²) in [7, 11) is 0. The second-order valence-corrected chi connectivity index (χ2v) is 13.2. The minimum absolute atomic E-state index is 0.674. The lowest BCUT2D eigenvalue weighted by molar-refractivity contribution is 1.17. The predicted molar refractivity (Wildman–Crippen MR) is 198 cm³/mol. The Morgan fingerprint density at radius 2 is 0.915 bits per heavy atom. The lowest BCUT2D eigenvalue weighted by Crippen LogP contribution is -1.95. The van der Waals surface area contributed by atoms with Gasteiger partial charge in [-0.25, -0.2) is 0 Å². The first-order valence-electron chi connectivity index (χ1n) is 15.7. The molecule has 0 N–H and O–H groups in total. The molecule has 3 heterocycles. The summed E-state index contributed by atoms with van der Waals surface area (Å²) in [6, 6.07) is 56.6. The average molecular weight is 616 g/mol. The van der Waals surface area contributed by atoms with E-state index in [9.17, 15) is 5.26 Å². The molecule has 0 aliphatic carbocycles. The Morgan fingerprint density at radius 3 is 1.57 bits per heavy atom. The summed E-state index contributed by atoms with van der Waals surface area (Å²) in [5.74, 6) is 0. The number of aromatic nitrogens is 2. The normalized spacial score (nSPS) is 11.8. The van der Waals surface area contributed by atoms with E-state index in [0.717, 1.165) is 22.5 Å². The van der Waals surface area contributed by atoms with Crippen LogP contribution in [0.25, 0.3) is 86.3 Å². The van der Waals surface area contributed by atoms with Crippen LogP contribution in [0.4, 0.5) is 0 Å². The molecular formula is C43H25N3S. The molecule has 3 aromatic heterocycles. The number of hydrogen-bond acceptors (Lipinski definition) is 2. The van der Waals surface area contributed by atoms with Crippen molar-refractivity contribution in [1.29, 1.82) is 5.26 Å². The largest absolute Gasteiger partial charge is 0.309 e. The first-order valence-corrected chi connectivity index (χ1v) is 16.6. The van der Waals surface area contributed by atoms with Crippen molar-refractivity contribution >= 4 is 75.1 Å². The molecule has 0 bridgehead atoms. The van der Waals surface area contributed by atoms with Gasteiger partial charge in [0, 0.05) is 53.1 Å². The van der Waals surface area contributed by atoms with Gasteiger partial charge in [-0.3, -0.25) is 0 Å². The van der Waals surface area contributed by atoms with Crippen molar-refractivity contribution in [2.75, 3.05) is 0 Å². The summed E-state index contributed by atoms with van der Waals surface area (Å²) >= 11 is 1.82. The fourth-order valence-electron chi connectivity index (χ4n) is 7.43. The molecule has 10 aromatic rings. The van der Waals surface area contributed by atoms with Crippen LogP contribution in [0.1, 0.15) is 5.56 Å². The molecule has 10 rings (SSSR count). The summed E-state index contributed by atoms with van der Waals surface area (Å²) in [6.07, 6.45) is 0. The van der Waals surface area contributed by atoms with E-state index >= 15 is 0 Å². The number of para-hydroxylation sites is 3.